The summed E-state index contributed by atoms with van der Waals surface area (Å²) in [4.78, 5) is 43.7. The topological polar surface area (TPSA) is 101 Å². The fourth-order valence-corrected chi connectivity index (χ4v) is 3.78. The van der Waals surface area contributed by atoms with E-state index in [0.29, 0.717) is 33.1 Å². The molecule has 0 saturated carbocycles. The highest BCUT2D eigenvalue weighted by Crippen LogP contribution is 2.23. The molecule has 9 heteroatoms. The number of anilines is 1. The Bertz CT molecular complexity index is 915. The normalized spacial score (nSPS) is 11.9. The van der Waals surface area contributed by atoms with Crippen molar-refractivity contribution in [3.63, 3.8) is 0 Å². The zero-order valence-electron chi connectivity index (χ0n) is 16.9. The summed E-state index contributed by atoms with van der Waals surface area (Å²) in [6.07, 6.45) is 0. The Balaban J connectivity index is 2.09. The number of esters is 1. The maximum Gasteiger partial charge on any atom is 0.340 e. The number of thioether (sulfide) groups is 2. The van der Waals surface area contributed by atoms with Gasteiger partial charge in [-0.15, -0.1) is 0 Å². The first-order chi connectivity index (χ1) is 13.8. The molecule has 2 N–H and O–H groups in total. The van der Waals surface area contributed by atoms with Crippen molar-refractivity contribution in [2.24, 2.45) is 0 Å². The molecule has 1 heterocycles. The molecule has 156 valence electrons. The van der Waals surface area contributed by atoms with Crippen LogP contribution in [0.15, 0.2) is 40.3 Å². The van der Waals surface area contributed by atoms with E-state index in [2.05, 4.69) is 29.1 Å². The Morgan fingerprint density at radius 2 is 1.97 bits per heavy atom. The number of carbonyl (C=O) groups is 2. The van der Waals surface area contributed by atoms with Crippen LogP contribution in [-0.2, 0) is 15.3 Å². The molecule has 0 aliphatic rings. The monoisotopic (exact) mass is 435 g/mol. The van der Waals surface area contributed by atoms with E-state index in [1.807, 2.05) is 0 Å². The zero-order valence-corrected chi connectivity index (χ0v) is 18.5. The number of nitrogens with one attached hydrogen (secondary N) is 2. The molecule has 1 atom stereocenters. The molecular formula is C20H25N3O4S2. The van der Waals surface area contributed by atoms with Gasteiger partial charge in [-0.2, -0.15) is 11.8 Å². The molecule has 7 nitrogen and oxygen atoms in total. The Morgan fingerprint density at radius 1 is 1.24 bits per heavy atom. The van der Waals surface area contributed by atoms with Crippen LogP contribution in [-0.4, -0.2) is 39.0 Å². The van der Waals surface area contributed by atoms with Crippen LogP contribution in [0.25, 0.3) is 0 Å². The molecule has 29 heavy (non-hydrogen) atoms. The Morgan fingerprint density at radius 3 is 2.66 bits per heavy atom. The van der Waals surface area contributed by atoms with E-state index >= 15 is 0 Å². The molecule has 0 bridgehead atoms. The molecule has 0 spiro atoms. The van der Waals surface area contributed by atoms with E-state index in [1.165, 1.54) is 6.07 Å². The highest BCUT2D eigenvalue weighted by molar-refractivity contribution is 8.00. The quantitative estimate of drug-likeness (QED) is 0.352. The largest absolute Gasteiger partial charge is 0.462 e. The Hall–Kier alpha value is -2.26. The lowest BCUT2D eigenvalue weighted by Crippen LogP contribution is -2.24. The van der Waals surface area contributed by atoms with Crippen molar-refractivity contribution in [2.75, 3.05) is 11.9 Å². The number of amides is 1. The van der Waals surface area contributed by atoms with Crippen LogP contribution in [0, 0.1) is 0 Å². The predicted octanol–water partition coefficient (Wildman–Crippen LogP) is 3.71. The SMILES string of the molecule is CCOC(=O)c1ccccc1NC(=O)C(C)Sc1nc(CSC(C)C)cc(=O)[nH]1. The molecule has 0 aliphatic heterocycles. The van der Waals surface area contributed by atoms with Crippen molar-refractivity contribution < 1.29 is 14.3 Å². The molecule has 0 fully saturated rings. The Kier molecular flexibility index (Phi) is 8.78. The highest BCUT2D eigenvalue weighted by Gasteiger charge is 2.19. The average molecular weight is 436 g/mol. The van der Waals surface area contributed by atoms with E-state index in [0.717, 1.165) is 11.8 Å². The van der Waals surface area contributed by atoms with Crippen LogP contribution in [0.2, 0.25) is 0 Å². The third kappa shape index (κ3) is 7.25. The van der Waals surface area contributed by atoms with Gasteiger partial charge in [0.2, 0.25) is 5.91 Å². The van der Waals surface area contributed by atoms with Gasteiger partial charge in [0.15, 0.2) is 5.16 Å². The summed E-state index contributed by atoms with van der Waals surface area (Å²) in [5, 5.41) is 3.03. The molecular weight excluding hydrogens is 410 g/mol. The second kappa shape index (κ2) is 11.1. The molecule has 1 aromatic carbocycles. The van der Waals surface area contributed by atoms with Gasteiger partial charge >= 0.3 is 5.97 Å². The van der Waals surface area contributed by atoms with E-state index < -0.39 is 11.2 Å². The fraction of sp³-hybridized carbons (Fsp3) is 0.400. The first-order valence-corrected chi connectivity index (χ1v) is 11.2. The lowest BCUT2D eigenvalue weighted by Gasteiger charge is -2.14. The van der Waals surface area contributed by atoms with Gasteiger partial charge < -0.3 is 15.0 Å². The molecule has 2 rings (SSSR count). The lowest BCUT2D eigenvalue weighted by atomic mass is 10.1. The van der Waals surface area contributed by atoms with Gasteiger partial charge in [-0.3, -0.25) is 9.59 Å². The summed E-state index contributed by atoms with van der Waals surface area (Å²) in [5.41, 5.74) is 1.10. The van der Waals surface area contributed by atoms with Crippen LogP contribution in [0.5, 0.6) is 0 Å². The first kappa shape index (κ1) is 23.0. The van der Waals surface area contributed by atoms with Crippen LogP contribution in [0.1, 0.15) is 43.7 Å². The van der Waals surface area contributed by atoms with Gasteiger partial charge in [0, 0.05) is 11.8 Å². The zero-order chi connectivity index (χ0) is 21.4. The van der Waals surface area contributed by atoms with Gasteiger partial charge in [0.25, 0.3) is 5.56 Å². The Labute approximate surface area is 178 Å². The average Bonchev–Trinajstić information content (AvgIpc) is 2.66. The summed E-state index contributed by atoms with van der Waals surface area (Å²) in [6.45, 7) is 7.84. The minimum Gasteiger partial charge on any atom is -0.462 e. The number of carbonyl (C=O) groups excluding carboxylic acids is 2. The number of rotatable bonds is 9. The van der Waals surface area contributed by atoms with Crippen LogP contribution < -0.4 is 10.9 Å². The first-order valence-electron chi connectivity index (χ1n) is 9.25. The number of nitrogens with zero attached hydrogens (tertiary/aromatic N) is 1. The number of para-hydroxylation sites is 1. The third-order valence-corrected chi connectivity index (χ3v) is 5.79. The molecule has 0 radical (unpaired) electrons. The maximum absolute atomic E-state index is 12.6. The van der Waals surface area contributed by atoms with Gasteiger partial charge in [0.05, 0.1) is 28.8 Å². The van der Waals surface area contributed by atoms with Crippen molar-refractivity contribution in [1.29, 1.82) is 0 Å². The second-order valence-electron chi connectivity index (χ2n) is 6.42. The standard InChI is InChI=1S/C20H25N3O4S2/c1-5-27-19(26)15-8-6-7-9-16(15)22-18(25)13(4)29-20-21-14(10-17(24)23-20)11-28-12(2)3/h6-10,12-13H,5,11H2,1-4H3,(H,22,25)(H,21,23,24). The van der Waals surface area contributed by atoms with Crippen LogP contribution in [0.4, 0.5) is 5.69 Å². The van der Waals surface area contributed by atoms with Gasteiger partial charge in [-0.05, 0) is 31.2 Å². The van der Waals surface area contributed by atoms with E-state index in [-0.39, 0.29) is 18.1 Å². The van der Waals surface area contributed by atoms with Crippen molar-refractivity contribution >= 4 is 41.1 Å². The van der Waals surface area contributed by atoms with Crippen molar-refractivity contribution in [2.45, 2.75) is 49.1 Å². The second-order valence-corrected chi connectivity index (χ2v) is 9.31. The van der Waals surface area contributed by atoms with E-state index in [9.17, 15) is 14.4 Å². The number of aromatic nitrogens is 2. The predicted molar refractivity (Wildman–Crippen MR) is 118 cm³/mol. The smallest absolute Gasteiger partial charge is 0.340 e. The van der Waals surface area contributed by atoms with Crippen molar-refractivity contribution in [3.8, 4) is 0 Å². The number of hydrogen-bond donors (Lipinski definition) is 2. The maximum atomic E-state index is 12.6. The third-order valence-electron chi connectivity index (χ3n) is 3.68. The van der Waals surface area contributed by atoms with E-state index in [1.54, 1.807) is 49.9 Å². The van der Waals surface area contributed by atoms with Crippen LogP contribution in [0.3, 0.4) is 0 Å². The number of hydrogen-bond acceptors (Lipinski definition) is 7. The summed E-state index contributed by atoms with van der Waals surface area (Å²) < 4.78 is 5.03. The molecule has 0 aliphatic carbocycles. The molecule has 2 aromatic rings. The molecule has 1 amide bonds. The number of ether oxygens (including phenoxy) is 1. The fourth-order valence-electron chi connectivity index (χ4n) is 2.30. The molecule has 0 saturated heterocycles. The van der Waals surface area contributed by atoms with Crippen LogP contribution >= 0.6 is 23.5 Å². The number of H-pyrrole nitrogens is 1. The summed E-state index contributed by atoms with van der Waals surface area (Å²) in [6, 6.07) is 8.14. The number of benzene rings is 1. The molecule has 1 aromatic heterocycles. The minimum absolute atomic E-state index is 0.248. The highest BCUT2D eigenvalue weighted by atomic mass is 32.2. The van der Waals surface area contributed by atoms with Gasteiger partial charge in [0.1, 0.15) is 0 Å². The lowest BCUT2D eigenvalue weighted by molar-refractivity contribution is -0.115. The summed E-state index contributed by atoms with van der Waals surface area (Å²) in [5.74, 6) is -0.177. The van der Waals surface area contributed by atoms with Gasteiger partial charge in [-0.1, -0.05) is 37.7 Å². The molecule has 1 unspecified atom stereocenters. The van der Waals surface area contributed by atoms with Gasteiger partial charge in [-0.25, -0.2) is 9.78 Å². The van der Waals surface area contributed by atoms with E-state index in [4.69, 9.17) is 4.74 Å². The minimum atomic E-state index is -0.540. The number of aromatic amines is 1. The van der Waals surface area contributed by atoms with Crippen molar-refractivity contribution in [1.82, 2.24) is 9.97 Å². The van der Waals surface area contributed by atoms with Crippen molar-refractivity contribution in [3.05, 3.63) is 51.9 Å². The summed E-state index contributed by atoms with van der Waals surface area (Å²) in [7, 11) is 0. The summed E-state index contributed by atoms with van der Waals surface area (Å²) >= 11 is 2.84.